The highest BCUT2D eigenvalue weighted by Crippen LogP contribution is 2.19. The molecule has 0 spiro atoms. The molecule has 0 saturated heterocycles. The Kier molecular flexibility index (Phi) is 3.48. The number of hydrogen-bond acceptors (Lipinski definition) is 4. The zero-order chi connectivity index (χ0) is 16.7. The van der Waals surface area contributed by atoms with E-state index >= 15 is 0 Å². The standard InChI is InChI=1S/C16H17N5O2/c1-9-4-5-12(6-10(9)2)21-15-13(7-18-21)11(3)19-20(16(15)23)8-14(17)22/h4-7H,8H2,1-3H3,(H2,17,22). The van der Waals surface area contributed by atoms with Gasteiger partial charge in [-0.1, -0.05) is 6.07 Å². The molecule has 7 heteroatoms. The van der Waals surface area contributed by atoms with Crippen LogP contribution in [0.1, 0.15) is 16.8 Å². The van der Waals surface area contributed by atoms with Gasteiger partial charge in [0.1, 0.15) is 12.1 Å². The average molecular weight is 311 g/mol. The largest absolute Gasteiger partial charge is 0.368 e. The molecular formula is C16H17N5O2. The molecule has 0 aliphatic rings. The van der Waals surface area contributed by atoms with Crippen LogP contribution in [0.3, 0.4) is 0 Å². The molecule has 0 fully saturated rings. The minimum atomic E-state index is -0.615. The first kappa shape index (κ1) is 15.0. The summed E-state index contributed by atoms with van der Waals surface area (Å²) < 4.78 is 2.66. The van der Waals surface area contributed by atoms with Crippen molar-refractivity contribution in [1.29, 1.82) is 0 Å². The van der Waals surface area contributed by atoms with Gasteiger partial charge in [0.05, 0.1) is 17.6 Å². The Morgan fingerprint density at radius 1 is 1.22 bits per heavy atom. The second-order valence-corrected chi connectivity index (χ2v) is 5.60. The van der Waals surface area contributed by atoms with Crippen molar-refractivity contribution >= 4 is 16.8 Å². The molecule has 7 nitrogen and oxygen atoms in total. The fourth-order valence-corrected chi connectivity index (χ4v) is 2.53. The number of primary amides is 1. The smallest absolute Gasteiger partial charge is 0.293 e. The third-order valence-corrected chi connectivity index (χ3v) is 3.91. The normalized spacial score (nSPS) is 11.1. The van der Waals surface area contributed by atoms with E-state index in [0.717, 1.165) is 21.5 Å². The molecule has 2 heterocycles. The van der Waals surface area contributed by atoms with E-state index in [2.05, 4.69) is 10.2 Å². The number of carbonyl (C=O) groups excluding carboxylic acids is 1. The van der Waals surface area contributed by atoms with E-state index in [9.17, 15) is 9.59 Å². The average Bonchev–Trinajstić information content (AvgIpc) is 2.92. The van der Waals surface area contributed by atoms with Crippen molar-refractivity contribution in [3.63, 3.8) is 0 Å². The van der Waals surface area contributed by atoms with Gasteiger partial charge in [-0.25, -0.2) is 9.36 Å². The van der Waals surface area contributed by atoms with E-state index < -0.39 is 5.91 Å². The van der Waals surface area contributed by atoms with Gasteiger partial charge in [-0.2, -0.15) is 10.2 Å². The molecule has 0 aliphatic carbocycles. The van der Waals surface area contributed by atoms with Crippen LogP contribution >= 0.6 is 0 Å². The lowest BCUT2D eigenvalue weighted by Gasteiger charge is -2.08. The maximum atomic E-state index is 12.7. The molecule has 3 rings (SSSR count). The summed E-state index contributed by atoms with van der Waals surface area (Å²) in [6.07, 6.45) is 1.61. The highest BCUT2D eigenvalue weighted by atomic mass is 16.2. The van der Waals surface area contributed by atoms with Crippen LogP contribution in [0.2, 0.25) is 0 Å². The van der Waals surface area contributed by atoms with Gasteiger partial charge in [-0.15, -0.1) is 0 Å². The molecule has 0 radical (unpaired) electrons. The minimum absolute atomic E-state index is 0.256. The van der Waals surface area contributed by atoms with Crippen LogP contribution in [0.5, 0.6) is 0 Å². The number of fused-ring (bicyclic) bond motifs is 1. The van der Waals surface area contributed by atoms with Crippen molar-refractivity contribution < 1.29 is 4.79 Å². The molecule has 0 atom stereocenters. The van der Waals surface area contributed by atoms with Crippen molar-refractivity contribution in [3.8, 4) is 5.69 Å². The fourth-order valence-electron chi connectivity index (χ4n) is 2.53. The van der Waals surface area contributed by atoms with E-state index in [-0.39, 0.29) is 12.1 Å². The molecular weight excluding hydrogens is 294 g/mol. The summed E-state index contributed by atoms with van der Waals surface area (Å²) >= 11 is 0. The number of rotatable bonds is 3. The van der Waals surface area contributed by atoms with Crippen LogP contribution in [0.15, 0.2) is 29.2 Å². The Balaban J connectivity index is 2.30. The van der Waals surface area contributed by atoms with Crippen LogP contribution < -0.4 is 11.3 Å². The first-order chi connectivity index (χ1) is 10.9. The summed E-state index contributed by atoms with van der Waals surface area (Å²) in [5.41, 5.74) is 8.87. The highest BCUT2D eigenvalue weighted by molar-refractivity contribution is 5.82. The Morgan fingerprint density at radius 2 is 1.96 bits per heavy atom. The van der Waals surface area contributed by atoms with Crippen LogP contribution in [-0.4, -0.2) is 25.5 Å². The molecule has 2 N–H and O–H groups in total. The molecule has 23 heavy (non-hydrogen) atoms. The van der Waals surface area contributed by atoms with E-state index in [4.69, 9.17) is 5.73 Å². The number of amides is 1. The number of hydrogen-bond donors (Lipinski definition) is 1. The van der Waals surface area contributed by atoms with Gasteiger partial charge in [-0.3, -0.25) is 9.59 Å². The Hall–Kier alpha value is -2.96. The molecule has 0 bridgehead atoms. The third-order valence-electron chi connectivity index (χ3n) is 3.91. The first-order valence-corrected chi connectivity index (χ1v) is 7.20. The number of nitrogens with zero attached hydrogens (tertiary/aromatic N) is 4. The zero-order valence-corrected chi connectivity index (χ0v) is 13.2. The number of aromatic nitrogens is 4. The lowest BCUT2D eigenvalue weighted by atomic mass is 10.1. The zero-order valence-electron chi connectivity index (χ0n) is 13.2. The van der Waals surface area contributed by atoms with Crippen molar-refractivity contribution in [2.75, 3.05) is 0 Å². The van der Waals surface area contributed by atoms with Crippen molar-refractivity contribution in [2.24, 2.45) is 5.73 Å². The topological polar surface area (TPSA) is 95.8 Å². The SMILES string of the molecule is Cc1ccc(-n2ncc3c(C)nn(CC(N)=O)c(=O)c32)cc1C. The molecule has 3 aromatic rings. The van der Waals surface area contributed by atoms with E-state index in [0.29, 0.717) is 16.6 Å². The summed E-state index contributed by atoms with van der Waals surface area (Å²) in [7, 11) is 0. The van der Waals surface area contributed by atoms with Crippen LogP contribution in [0.25, 0.3) is 16.6 Å². The fraction of sp³-hybridized carbons (Fsp3) is 0.250. The van der Waals surface area contributed by atoms with E-state index in [1.54, 1.807) is 17.8 Å². The van der Waals surface area contributed by atoms with Crippen molar-refractivity contribution in [2.45, 2.75) is 27.3 Å². The number of benzene rings is 1. The first-order valence-electron chi connectivity index (χ1n) is 7.20. The van der Waals surface area contributed by atoms with Crippen molar-refractivity contribution in [1.82, 2.24) is 19.6 Å². The molecule has 118 valence electrons. The monoisotopic (exact) mass is 311 g/mol. The maximum absolute atomic E-state index is 12.7. The van der Waals surface area contributed by atoms with Crippen LogP contribution in [-0.2, 0) is 11.3 Å². The van der Waals surface area contributed by atoms with Crippen molar-refractivity contribution in [3.05, 3.63) is 51.6 Å². The second kappa shape index (κ2) is 5.35. The number of aryl methyl sites for hydroxylation is 3. The molecule has 1 aromatic carbocycles. The van der Waals surface area contributed by atoms with Crippen LogP contribution in [0, 0.1) is 20.8 Å². The highest BCUT2D eigenvalue weighted by Gasteiger charge is 2.16. The number of nitrogens with two attached hydrogens (primary N) is 1. The van der Waals surface area contributed by atoms with Gasteiger partial charge in [0, 0.05) is 5.39 Å². The van der Waals surface area contributed by atoms with Gasteiger partial charge in [0.15, 0.2) is 0 Å². The minimum Gasteiger partial charge on any atom is -0.368 e. The molecule has 0 saturated carbocycles. The predicted molar refractivity (Wildman–Crippen MR) is 86.5 cm³/mol. The molecule has 0 unspecified atom stereocenters. The lowest BCUT2D eigenvalue weighted by molar-refractivity contribution is -0.118. The van der Waals surface area contributed by atoms with Gasteiger partial charge in [0.25, 0.3) is 5.56 Å². The number of carbonyl (C=O) groups is 1. The van der Waals surface area contributed by atoms with Gasteiger partial charge in [0.2, 0.25) is 5.91 Å². The van der Waals surface area contributed by atoms with Gasteiger partial charge in [-0.05, 0) is 44.0 Å². The van der Waals surface area contributed by atoms with Gasteiger partial charge < -0.3 is 5.73 Å². The molecule has 0 aliphatic heterocycles. The van der Waals surface area contributed by atoms with E-state index in [1.807, 2.05) is 32.0 Å². The molecule has 2 aromatic heterocycles. The maximum Gasteiger partial charge on any atom is 0.293 e. The Bertz CT molecular complexity index is 984. The summed E-state index contributed by atoms with van der Waals surface area (Å²) in [6, 6.07) is 5.85. The predicted octanol–water partition coefficient (Wildman–Crippen LogP) is 0.993. The summed E-state index contributed by atoms with van der Waals surface area (Å²) in [6.45, 7) is 5.54. The Labute approximate surface area is 132 Å². The third kappa shape index (κ3) is 2.50. The summed E-state index contributed by atoms with van der Waals surface area (Å²) in [5, 5.41) is 9.12. The quantitative estimate of drug-likeness (QED) is 0.780. The lowest BCUT2D eigenvalue weighted by Crippen LogP contribution is -2.31. The summed E-state index contributed by atoms with van der Waals surface area (Å²) in [4.78, 5) is 23.8. The van der Waals surface area contributed by atoms with E-state index in [1.165, 1.54) is 0 Å². The van der Waals surface area contributed by atoms with Gasteiger partial charge >= 0.3 is 0 Å². The second-order valence-electron chi connectivity index (χ2n) is 5.60. The Morgan fingerprint density at radius 3 is 2.61 bits per heavy atom. The molecule has 1 amide bonds. The summed E-state index contributed by atoms with van der Waals surface area (Å²) in [5.74, 6) is -0.615. The van der Waals surface area contributed by atoms with Crippen LogP contribution in [0.4, 0.5) is 0 Å².